The minimum atomic E-state index is -4.27. The van der Waals surface area contributed by atoms with Gasteiger partial charge >= 0.3 is 6.18 Å². The zero-order valence-corrected chi connectivity index (χ0v) is 10.9. The van der Waals surface area contributed by atoms with E-state index in [2.05, 4.69) is 5.32 Å². The maximum Gasteiger partial charge on any atom is 0.416 e. The van der Waals surface area contributed by atoms with Crippen molar-refractivity contribution in [2.75, 3.05) is 20.2 Å². The lowest BCUT2D eigenvalue weighted by atomic mass is 9.85. The van der Waals surface area contributed by atoms with E-state index in [1.165, 1.54) is 0 Å². The molecule has 0 atom stereocenters. The van der Waals surface area contributed by atoms with Crippen LogP contribution in [0.4, 0.5) is 13.2 Å². The normalized spacial score (nSPS) is 19.4. The Morgan fingerprint density at radius 1 is 1.16 bits per heavy atom. The van der Waals surface area contributed by atoms with Crippen LogP contribution in [0.3, 0.4) is 0 Å². The van der Waals surface area contributed by atoms with Crippen LogP contribution in [-0.4, -0.2) is 25.8 Å². The van der Waals surface area contributed by atoms with E-state index in [1.807, 2.05) is 0 Å². The van der Waals surface area contributed by atoms with Crippen molar-refractivity contribution in [3.05, 3.63) is 35.4 Å². The molecule has 2 rings (SSSR count). The molecule has 106 valence electrons. The molecule has 2 nitrogen and oxygen atoms in total. The van der Waals surface area contributed by atoms with E-state index in [0.717, 1.165) is 43.6 Å². The lowest BCUT2D eigenvalue weighted by Gasteiger charge is -2.36. The summed E-state index contributed by atoms with van der Waals surface area (Å²) in [7, 11) is 1.68. The Hall–Kier alpha value is -1.07. The number of halogens is 3. The molecule has 0 aromatic heterocycles. The third-order valence-electron chi connectivity index (χ3n) is 3.76. The van der Waals surface area contributed by atoms with Crippen LogP contribution in [0.15, 0.2) is 24.3 Å². The van der Waals surface area contributed by atoms with Gasteiger partial charge in [0, 0.05) is 13.5 Å². The lowest BCUT2D eigenvalue weighted by Crippen LogP contribution is -2.44. The van der Waals surface area contributed by atoms with Gasteiger partial charge in [-0.3, -0.25) is 0 Å². The van der Waals surface area contributed by atoms with Crippen LogP contribution in [0.5, 0.6) is 0 Å². The second-order valence-electron chi connectivity index (χ2n) is 5.01. The molecule has 1 fully saturated rings. The number of hydrogen-bond acceptors (Lipinski definition) is 2. The number of methoxy groups -OCH3 is 1. The number of nitrogens with one attached hydrogen (secondary N) is 1. The smallest absolute Gasteiger partial charge is 0.378 e. The predicted octanol–water partition coefficient (Wildman–Crippen LogP) is 3.02. The second kappa shape index (κ2) is 5.51. The van der Waals surface area contributed by atoms with Gasteiger partial charge in [0.1, 0.15) is 0 Å². The Labute approximate surface area is 111 Å². The first-order valence-corrected chi connectivity index (χ1v) is 6.37. The molecular weight excluding hydrogens is 255 g/mol. The second-order valence-corrected chi connectivity index (χ2v) is 5.01. The van der Waals surface area contributed by atoms with E-state index in [4.69, 9.17) is 4.74 Å². The van der Waals surface area contributed by atoms with Crippen molar-refractivity contribution >= 4 is 0 Å². The van der Waals surface area contributed by atoms with Crippen molar-refractivity contribution in [3.8, 4) is 0 Å². The average molecular weight is 273 g/mol. The molecule has 0 amide bonds. The van der Waals surface area contributed by atoms with Gasteiger partial charge in [-0.1, -0.05) is 12.1 Å². The van der Waals surface area contributed by atoms with E-state index >= 15 is 0 Å². The number of hydrogen-bond donors (Lipinski definition) is 1. The fraction of sp³-hybridized carbons (Fsp3) is 0.571. The first kappa shape index (κ1) is 14.3. The van der Waals surface area contributed by atoms with Gasteiger partial charge in [-0.25, -0.2) is 0 Å². The number of piperidine rings is 1. The van der Waals surface area contributed by atoms with Crippen molar-refractivity contribution < 1.29 is 17.9 Å². The number of ether oxygens (including phenoxy) is 1. The summed E-state index contributed by atoms with van der Waals surface area (Å²) in [5.41, 5.74) is 0.0372. The predicted molar refractivity (Wildman–Crippen MR) is 67.0 cm³/mol. The molecule has 1 N–H and O–H groups in total. The van der Waals surface area contributed by atoms with Crippen molar-refractivity contribution in [2.24, 2.45) is 0 Å². The summed E-state index contributed by atoms with van der Waals surface area (Å²) < 4.78 is 43.1. The van der Waals surface area contributed by atoms with Gasteiger partial charge in [0.05, 0.1) is 11.2 Å². The Balaban J connectivity index is 2.10. The van der Waals surface area contributed by atoms with Crippen LogP contribution in [0.2, 0.25) is 0 Å². The quantitative estimate of drug-likeness (QED) is 0.914. The first-order chi connectivity index (χ1) is 8.95. The van der Waals surface area contributed by atoms with Gasteiger partial charge in [-0.05, 0) is 43.6 Å². The first-order valence-electron chi connectivity index (χ1n) is 6.37. The summed E-state index contributed by atoms with van der Waals surface area (Å²) in [5.74, 6) is 0. The van der Waals surface area contributed by atoms with Gasteiger partial charge in [0.15, 0.2) is 0 Å². The van der Waals surface area contributed by atoms with Crippen LogP contribution >= 0.6 is 0 Å². The molecule has 1 aliphatic heterocycles. The maximum absolute atomic E-state index is 12.5. The minimum Gasteiger partial charge on any atom is -0.378 e. The zero-order valence-electron chi connectivity index (χ0n) is 10.9. The van der Waals surface area contributed by atoms with E-state index in [0.29, 0.717) is 6.42 Å². The van der Waals surface area contributed by atoms with Crippen molar-refractivity contribution in [1.82, 2.24) is 5.32 Å². The van der Waals surface area contributed by atoms with E-state index in [1.54, 1.807) is 19.2 Å². The molecule has 1 aromatic carbocycles. The topological polar surface area (TPSA) is 21.3 Å². The van der Waals surface area contributed by atoms with Gasteiger partial charge in [-0.2, -0.15) is 13.2 Å². The zero-order chi connectivity index (χ0) is 13.9. The fourth-order valence-electron chi connectivity index (χ4n) is 2.52. The van der Waals surface area contributed by atoms with E-state index < -0.39 is 11.7 Å². The highest BCUT2D eigenvalue weighted by atomic mass is 19.4. The highest BCUT2D eigenvalue weighted by Crippen LogP contribution is 2.31. The van der Waals surface area contributed by atoms with Crippen LogP contribution < -0.4 is 5.32 Å². The van der Waals surface area contributed by atoms with Crippen LogP contribution in [0.25, 0.3) is 0 Å². The summed E-state index contributed by atoms with van der Waals surface area (Å²) in [5, 5.41) is 3.26. The molecule has 19 heavy (non-hydrogen) atoms. The molecule has 0 aliphatic carbocycles. The highest BCUT2D eigenvalue weighted by Gasteiger charge is 2.33. The number of benzene rings is 1. The molecule has 0 radical (unpaired) electrons. The summed E-state index contributed by atoms with van der Waals surface area (Å²) >= 11 is 0. The number of rotatable bonds is 3. The molecule has 0 bridgehead atoms. The van der Waals surface area contributed by atoms with Crippen LogP contribution in [0.1, 0.15) is 24.0 Å². The van der Waals surface area contributed by atoms with Crippen molar-refractivity contribution in [3.63, 3.8) is 0 Å². The molecule has 0 unspecified atom stereocenters. The van der Waals surface area contributed by atoms with Gasteiger partial charge < -0.3 is 10.1 Å². The molecule has 0 spiro atoms. The summed E-state index contributed by atoms with van der Waals surface area (Å²) in [6, 6.07) is 5.37. The Morgan fingerprint density at radius 2 is 1.74 bits per heavy atom. The standard InChI is InChI=1S/C14H18F3NO/c1-19-13(6-8-18-9-7-13)10-11-2-4-12(5-3-11)14(15,16)17/h2-5,18H,6-10H2,1H3. The van der Waals surface area contributed by atoms with Gasteiger partial charge in [0.2, 0.25) is 0 Å². The minimum absolute atomic E-state index is 0.245. The molecule has 1 heterocycles. The van der Waals surface area contributed by atoms with Crippen molar-refractivity contribution in [2.45, 2.75) is 31.0 Å². The van der Waals surface area contributed by atoms with E-state index in [9.17, 15) is 13.2 Å². The number of alkyl halides is 3. The third kappa shape index (κ3) is 3.48. The Bertz CT molecular complexity index is 408. The maximum atomic E-state index is 12.5. The average Bonchev–Trinajstić information content (AvgIpc) is 2.39. The lowest BCUT2D eigenvalue weighted by molar-refractivity contribution is -0.137. The molecule has 1 aliphatic rings. The Morgan fingerprint density at radius 3 is 2.21 bits per heavy atom. The Kier molecular flexibility index (Phi) is 4.16. The molecule has 1 saturated heterocycles. The fourth-order valence-corrected chi connectivity index (χ4v) is 2.52. The largest absolute Gasteiger partial charge is 0.416 e. The summed E-state index contributed by atoms with van der Waals surface area (Å²) in [4.78, 5) is 0. The summed E-state index contributed by atoms with van der Waals surface area (Å²) in [6.07, 6.45) is -1.86. The van der Waals surface area contributed by atoms with E-state index in [-0.39, 0.29) is 5.60 Å². The SMILES string of the molecule is COC1(Cc2ccc(C(F)(F)F)cc2)CCNCC1. The highest BCUT2D eigenvalue weighted by molar-refractivity contribution is 5.26. The monoisotopic (exact) mass is 273 g/mol. The molecular formula is C14H18F3NO. The van der Waals surface area contributed by atoms with Gasteiger partial charge in [-0.15, -0.1) is 0 Å². The molecule has 5 heteroatoms. The van der Waals surface area contributed by atoms with Crippen molar-refractivity contribution in [1.29, 1.82) is 0 Å². The summed E-state index contributed by atoms with van der Waals surface area (Å²) in [6.45, 7) is 1.77. The third-order valence-corrected chi connectivity index (χ3v) is 3.76. The molecule has 1 aromatic rings. The van der Waals surface area contributed by atoms with Crippen LogP contribution in [-0.2, 0) is 17.3 Å². The van der Waals surface area contributed by atoms with Crippen LogP contribution in [0, 0.1) is 0 Å². The van der Waals surface area contributed by atoms with Gasteiger partial charge in [0.25, 0.3) is 0 Å². The molecule has 0 saturated carbocycles.